The molecule has 30 heavy (non-hydrogen) atoms. The molecule has 1 heterocycles. The number of carbonyl (C=O) groups excluding carboxylic acids is 2. The van der Waals surface area contributed by atoms with Crippen LogP contribution in [0.3, 0.4) is 0 Å². The van der Waals surface area contributed by atoms with E-state index in [0.29, 0.717) is 36.6 Å². The standard InChI is InChI=1S/C24H35NO4S/c1-23(2,3)17-13-16(14-18(21(17)27)24(4,5)6)15-19-22(28)25(11-12-30-19)10-8-9-20(26)29-7/h13-15,27H,8-12H2,1-7H3/b19-15+. The van der Waals surface area contributed by atoms with Gasteiger partial charge in [-0.3, -0.25) is 9.59 Å². The maximum Gasteiger partial charge on any atom is 0.305 e. The molecule has 2 rings (SSSR count). The Balaban J connectivity index is 2.34. The number of nitrogens with zero attached hydrogens (tertiary/aromatic N) is 1. The lowest BCUT2D eigenvalue weighted by molar-refractivity contribution is -0.141. The molecule has 0 bridgehead atoms. The maximum atomic E-state index is 13.0. The van der Waals surface area contributed by atoms with Crippen molar-refractivity contribution < 1.29 is 19.4 Å². The number of hydrogen-bond acceptors (Lipinski definition) is 5. The van der Waals surface area contributed by atoms with Crippen LogP contribution in [0.2, 0.25) is 0 Å². The lowest BCUT2D eigenvalue weighted by Gasteiger charge is -2.29. The Morgan fingerprint density at radius 1 is 1.17 bits per heavy atom. The van der Waals surface area contributed by atoms with Gasteiger partial charge in [0, 0.05) is 36.4 Å². The van der Waals surface area contributed by atoms with Gasteiger partial charge in [-0.1, -0.05) is 41.5 Å². The van der Waals surface area contributed by atoms with Crippen LogP contribution in [0, 0.1) is 0 Å². The minimum atomic E-state index is -0.252. The van der Waals surface area contributed by atoms with Crippen molar-refractivity contribution in [3.05, 3.63) is 33.7 Å². The number of aromatic hydroxyl groups is 1. The molecule has 1 aliphatic heterocycles. The van der Waals surface area contributed by atoms with Crippen LogP contribution in [0.15, 0.2) is 17.0 Å². The summed E-state index contributed by atoms with van der Waals surface area (Å²) in [5.41, 5.74) is 2.25. The highest BCUT2D eigenvalue weighted by Gasteiger charge is 2.28. The van der Waals surface area contributed by atoms with Crippen LogP contribution >= 0.6 is 11.8 Å². The van der Waals surface area contributed by atoms with Crippen molar-refractivity contribution >= 4 is 29.7 Å². The first-order valence-electron chi connectivity index (χ1n) is 10.4. The number of esters is 1. The summed E-state index contributed by atoms with van der Waals surface area (Å²) in [5.74, 6) is 0.910. The van der Waals surface area contributed by atoms with Gasteiger partial charge >= 0.3 is 5.97 Å². The molecule has 1 fully saturated rings. The zero-order valence-electron chi connectivity index (χ0n) is 19.3. The van der Waals surface area contributed by atoms with Crippen molar-refractivity contribution in [2.75, 3.05) is 26.0 Å². The van der Waals surface area contributed by atoms with E-state index in [1.54, 1.807) is 16.7 Å². The number of methoxy groups -OCH3 is 1. The summed E-state index contributed by atoms with van der Waals surface area (Å²) in [6.07, 6.45) is 2.84. The third kappa shape index (κ3) is 6.03. The first kappa shape index (κ1) is 24.3. The van der Waals surface area contributed by atoms with Gasteiger partial charge in [0.1, 0.15) is 5.75 Å². The third-order valence-corrected chi connectivity index (χ3v) is 6.19. The maximum absolute atomic E-state index is 13.0. The minimum Gasteiger partial charge on any atom is -0.507 e. The Morgan fingerprint density at radius 3 is 2.23 bits per heavy atom. The Morgan fingerprint density at radius 2 is 1.73 bits per heavy atom. The molecule has 0 saturated carbocycles. The Labute approximate surface area is 184 Å². The average molecular weight is 434 g/mol. The van der Waals surface area contributed by atoms with Crippen molar-refractivity contribution in [2.24, 2.45) is 0 Å². The molecule has 1 aromatic carbocycles. The Kier molecular flexibility index (Phi) is 7.67. The van der Waals surface area contributed by atoms with Crippen molar-refractivity contribution in [1.82, 2.24) is 4.90 Å². The van der Waals surface area contributed by atoms with Gasteiger partial charge in [0.25, 0.3) is 5.91 Å². The second-order valence-electron chi connectivity index (χ2n) is 9.79. The number of hydrogen-bond donors (Lipinski definition) is 1. The number of amides is 1. The molecule has 0 aliphatic carbocycles. The summed E-state index contributed by atoms with van der Waals surface area (Å²) in [6.45, 7) is 13.7. The molecule has 1 aliphatic rings. The molecule has 1 N–H and O–H groups in total. The van der Waals surface area contributed by atoms with E-state index in [2.05, 4.69) is 46.3 Å². The summed E-state index contributed by atoms with van der Waals surface area (Å²) in [5, 5.41) is 10.9. The molecule has 0 radical (unpaired) electrons. The van der Waals surface area contributed by atoms with Crippen molar-refractivity contribution in [3.8, 4) is 5.75 Å². The van der Waals surface area contributed by atoms with Crippen LogP contribution in [-0.2, 0) is 25.2 Å². The average Bonchev–Trinajstić information content (AvgIpc) is 2.63. The lowest BCUT2D eigenvalue weighted by Crippen LogP contribution is -2.37. The highest BCUT2D eigenvalue weighted by molar-refractivity contribution is 8.04. The normalized spacial score (nSPS) is 16.8. The zero-order chi connectivity index (χ0) is 22.7. The van der Waals surface area contributed by atoms with Gasteiger partial charge in [-0.05, 0) is 41.0 Å². The number of rotatable bonds is 5. The van der Waals surface area contributed by atoms with Gasteiger partial charge in [-0.2, -0.15) is 0 Å². The Bertz CT molecular complexity index is 796. The van der Waals surface area contributed by atoms with Crippen LogP contribution in [0.4, 0.5) is 0 Å². The molecular weight excluding hydrogens is 398 g/mol. The molecule has 1 saturated heterocycles. The smallest absolute Gasteiger partial charge is 0.305 e. The fraction of sp³-hybridized carbons (Fsp3) is 0.583. The molecule has 1 aromatic rings. The number of phenolic OH excluding ortho intramolecular Hbond substituents is 1. The van der Waals surface area contributed by atoms with E-state index < -0.39 is 0 Å². The highest BCUT2D eigenvalue weighted by Crippen LogP contribution is 2.40. The van der Waals surface area contributed by atoms with Crippen LogP contribution in [0.25, 0.3) is 6.08 Å². The van der Waals surface area contributed by atoms with E-state index in [1.807, 2.05) is 18.2 Å². The molecule has 0 unspecified atom stereocenters. The molecule has 6 heteroatoms. The Hall–Kier alpha value is -1.95. The molecular formula is C24H35NO4S. The molecule has 0 atom stereocenters. The van der Waals surface area contributed by atoms with E-state index in [1.165, 1.54) is 7.11 Å². The predicted octanol–water partition coefficient (Wildman–Crippen LogP) is 4.86. The van der Waals surface area contributed by atoms with Crippen LogP contribution in [-0.4, -0.2) is 47.8 Å². The number of phenols is 1. The van der Waals surface area contributed by atoms with E-state index in [-0.39, 0.29) is 22.7 Å². The quantitative estimate of drug-likeness (QED) is 0.531. The monoisotopic (exact) mass is 433 g/mol. The summed E-state index contributed by atoms with van der Waals surface area (Å²) in [6, 6.07) is 3.98. The number of benzene rings is 1. The van der Waals surface area contributed by atoms with Crippen molar-refractivity contribution in [3.63, 3.8) is 0 Å². The topological polar surface area (TPSA) is 66.8 Å². The summed E-state index contributed by atoms with van der Waals surface area (Å²) < 4.78 is 4.68. The van der Waals surface area contributed by atoms with Crippen LogP contribution in [0.1, 0.15) is 71.1 Å². The molecule has 5 nitrogen and oxygen atoms in total. The fourth-order valence-corrected chi connectivity index (χ4v) is 4.46. The van der Waals surface area contributed by atoms with Gasteiger partial charge in [0.2, 0.25) is 0 Å². The first-order valence-corrected chi connectivity index (χ1v) is 11.4. The van der Waals surface area contributed by atoms with Gasteiger partial charge in [0.15, 0.2) is 0 Å². The number of ether oxygens (including phenoxy) is 1. The largest absolute Gasteiger partial charge is 0.507 e. The van der Waals surface area contributed by atoms with Gasteiger partial charge in [0.05, 0.1) is 12.0 Å². The SMILES string of the molecule is COC(=O)CCCN1CCS/C(=C/c2cc(C(C)(C)C)c(O)c(C(C)(C)C)c2)C1=O. The predicted molar refractivity (Wildman–Crippen MR) is 124 cm³/mol. The van der Waals surface area contributed by atoms with Crippen LogP contribution < -0.4 is 0 Å². The first-order chi connectivity index (χ1) is 13.8. The summed E-state index contributed by atoms with van der Waals surface area (Å²) >= 11 is 1.56. The van der Waals surface area contributed by atoms with Crippen LogP contribution in [0.5, 0.6) is 5.75 Å². The second-order valence-corrected chi connectivity index (χ2v) is 10.9. The van der Waals surface area contributed by atoms with Gasteiger partial charge in [-0.15, -0.1) is 11.8 Å². The molecule has 166 valence electrons. The summed E-state index contributed by atoms with van der Waals surface area (Å²) in [4.78, 5) is 26.8. The summed E-state index contributed by atoms with van der Waals surface area (Å²) in [7, 11) is 1.38. The van der Waals surface area contributed by atoms with Gasteiger partial charge in [-0.25, -0.2) is 0 Å². The fourth-order valence-electron chi connectivity index (χ4n) is 3.45. The lowest BCUT2D eigenvalue weighted by atomic mass is 9.78. The zero-order valence-corrected chi connectivity index (χ0v) is 20.1. The second kappa shape index (κ2) is 9.46. The van der Waals surface area contributed by atoms with Crippen molar-refractivity contribution in [1.29, 1.82) is 0 Å². The highest BCUT2D eigenvalue weighted by atomic mass is 32.2. The van der Waals surface area contributed by atoms with Crippen molar-refractivity contribution in [2.45, 2.75) is 65.2 Å². The third-order valence-electron chi connectivity index (χ3n) is 5.20. The van der Waals surface area contributed by atoms with E-state index in [0.717, 1.165) is 22.4 Å². The van der Waals surface area contributed by atoms with E-state index in [4.69, 9.17) is 0 Å². The molecule has 0 spiro atoms. The number of thioether (sulfide) groups is 1. The van der Waals surface area contributed by atoms with E-state index in [9.17, 15) is 14.7 Å². The van der Waals surface area contributed by atoms with E-state index >= 15 is 0 Å². The molecule has 1 amide bonds. The minimum absolute atomic E-state index is 0.00110. The number of carbonyl (C=O) groups is 2. The van der Waals surface area contributed by atoms with Gasteiger partial charge < -0.3 is 14.7 Å². The molecule has 0 aromatic heterocycles.